The Labute approximate surface area is 111 Å². The summed E-state index contributed by atoms with van der Waals surface area (Å²) in [6, 6.07) is 7.56. The molecule has 0 aliphatic rings. The van der Waals surface area contributed by atoms with E-state index in [4.69, 9.17) is 0 Å². The van der Waals surface area contributed by atoms with Crippen molar-refractivity contribution >= 4 is 17.3 Å². The van der Waals surface area contributed by atoms with Gasteiger partial charge >= 0.3 is 0 Å². The minimum Gasteiger partial charge on any atom is -0.378 e. The normalized spacial score (nSPS) is 10.2. The maximum Gasteiger partial charge on any atom is 0.221 e. The number of aromatic nitrogens is 3. The van der Waals surface area contributed by atoms with Gasteiger partial charge in [-0.15, -0.1) is 0 Å². The van der Waals surface area contributed by atoms with E-state index in [1.54, 1.807) is 6.33 Å². The number of hydrogen-bond donors (Lipinski definition) is 2. The van der Waals surface area contributed by atoms with E-state index in [0.29, 0.717) is 6.54 Å². The number of anilines is 2. The van der Waals surface area contributed by atoms with Gasteiger partial charge < -0.3 is 10.6 Å². The molecule has 0 aliphatic heterocycles. The molecule has 0 unspecified atom stereocenters. The highest BCUT2D eigenvalue weighted by Gasteiger charge is 2.03. The zero-order chi connectivity index (χ0) is 13.7. The molecule has 0 saturated heterocycles. The summed E-state index contributed by atoms with van der Waals surface area (Å²) in [7, 11) is 0. The number of nitrogens with one attached hydrogen (secondary N) is 2. The van der Waals surface area contributed by atoms with Crippen LogP contribution in [0.5, 0.6) is 0 Å². The number of rotatable bonds is 5. The fourth-order valence-electron chi connectivity index (χ4n) is 1.78. The first kappa shape index (κ1) is 13.1. The zero-order valence-electron chi connectivity index (χ0n) is 11.1. The lowest BCUT2D eigenvalue weighted by atomic mass is 10.2. The summed E-state index contributed by atoms with van der Waals surface area (Å²) < 4.78 is 1.84. The quantitative estimate of drug-likeness (QED) is 0.859. The van der Waals surface area contributed by atoms with Crippen molar-refractivity contribution in [3.8, 4) is 0 Å². The van der Waals surface area contributed by atoms with Gasteiger partial charge in [0.1, 0.15) is 12.2 Å². The molecular formula is C13H17N5O. The first-order chi connectivity index (χ1) is 9.19. The first-order valence-corrected chi connectivity index (χ1v) is 6.17. The van der Waals surface area contributed by atoms with E-state index < -0.39 is 0 Å². The van der Waals surface area contributed by atoms with Crippen molar-refractivity contribution in [2.24, 2.45) is 0 Å². The van der Waals surface area contributed by atoms with Crippen LogP contribution in [-0.2, 0) is 17.9 Å². The van der Waals surface area contributed by atoms with E-state index in [0.717, 1.165) is 23.7 Å². The first-order valence-electron chi connectivity index (χ1n) is 6.17. The van der Waals surface area contributed by atoms with Crippen molar-refractivity contribution in [2.75, 3.05) is 10.6 Å². The molecule has 0 radical (unpaired) electrons. The van der Waals surface area contributed by atoms with Crippen LogP contribution < -0.4 is 10.6 Å². The Bertz CT molecular complexity index is 564. The van der Waals surface area contributed by atoms with Gasteiger partial charge in [0.25, 0.3) is 0 Å². The van der Waals surface area contributed by atoms with Crippen molar-refractivity contribution in [3.63, 3.8) is 0 Å². The van der Waals surface area contributed by atoms with Crippen LogP contribution in [0.4, 0.5) is 11.4 Å². The average Bonchev–Trinajstić information content (AvgIpc) is 2.83. The van der Waals surface area contributed by atoms with E-state index in [1.807, 2.05) is 35.9 Å². The molecular weight excluding hydrogens is 242 g/mol. The van der Waals surface area contributed by atoms with E-state index in [9.17, 15) is 4.79 Å². The third kappa shape index (κ3) is 3.54. The van der Waals surface area contributed by atoms with Crippen LogP contribution in [0.1, 0.15) is 19.7 Å². The average molecular weight is 259 g/mol. The SMILES string of the molecule is CCn1ncnc1CNc1cccc(NC(C)=O)c1. The highest BCUT2D eigenvalue weighted by atomic mass is 16.1. The van der Waals surface area contributed by atoms with Gasteiger partial charge in [0.15, 0.2) is 0 Å². The van der Waals surface area contributed by atoms with Gasteiger partial charge in [-0.2, -0.15) is 5.10 Å². The Hall–Kier alpha value is -2.37. The Balaban J connectivity index is 2.01. The van der Waals surface area contributed by atoms with Crippen molar-refractivity contribution in [2.45, 2.75) is 26.9 Å². The highest BCUT2D eigenvalue weighted by molar-refractivity contribution is 5.89. The minimum absolute atomic E-state index is 0.0807. The summed E-state index contributed by atoms with van der Waals surface area (Å²) in [5.74, 6) is 0.801. The standard InChI is InChI=1S/C13H17N5O/c1-3-18-13(15-9-16-18)8-14-11-5-4-6-12(7-11)17-10(2)19/h4-7,9,14H,3,8H2,1-2H3,(H,17,19). The lowest BCUT2D eigenvalue weighted by Gasteiger charge is -2.09. The number of hydrogen-bond acceptors (Lipinski definition) is 4. The molecule has 0 spiro atoms. The van der Waals surface area contributed by atoms with Gasteiger partial charge in [0, 0.05) is 24.8 Å². The summed E-state index contributed by atoms with van der Waals surface area (Å²) in [6.45, 7) is 4.90. The summed E-state index contributed by atoms with van der Waals surface area (Å²) in [5, 5.41) is 10.1. The van der Waals surface area contributed by atoms with Gasteiger partial charge in [-0.3, -0.25) is 4.79 Å². The number of carbonyl (C=O) groups is 1. The second kappa shape index (κ2) is 5.99. The second-order valence-corrected chi connectivity index (χ2v) is 4.11. The number of aryl methyl sites for hydroxylation is 1. The molecule has 2 aromatic rings. The molecule has 6 heteroatoms. The maximum atomic E-state index is 11.0. The van der Waals surface area contributed by atoms with E-state index in [2.05, 4.69) is 20.7 Å². The van der Waals surface area contributed by atoms with E-state index in [1.165, 1.54) is 6.92 Å². The van der Waals surface area contributed by atoms with Crippen molar-refractivity contribution < 1.29 is 4.79 Å². The molecule has 1 amide bonds. The van der Waals surface area contributed by atoms with Gasteiger partial charge in [0.2, 0.25) is 5.91 Å². The van der Waals surface area contributed by atoms with Crippen LogP contribution in [0, 0.1) is 0 Å². The lowest BCUT2D eigenvalue weighted by molar-refractivity contribution is -0.114. The van der Waals surface area contributed by atoms with Crippen molar-refractivity contribution in [1.82, 2.24) is 14.8 Å². The monoisotopic (exact) mass is 259 g/mol. The second-order valence-electron chi connectivity index (χ2n) is 4.11. The van der Waals surface area contributed by atoms with E-state index in [-0.39, 0.29) is 5.91 Å². The van der Waals surface area contributed by atoms with E-state index >= 15 is 0 Å². The number of carbonyl (C=O) groups excluding carboxylic acids is 1. The molecule has 0 aliphatic carbocycles. The molecule has 0 fully saturated rings. The molecule has 19 heavy (non-hydrogen) atoms. The Morgan fingerprint density at radius 2 is 2.16 bits per heavy atom. The largest absolute Gasteiger partial charge is 0.378 e. The topological polar surface area (TPSA) is 71.8 Å². The van der Waals surface area contributed by atoms with Crippen LogP contribution in [0.2, 0.25) is 0 Å². The molecule has 100 valence electrons. The van der Waals surface area contributed by atoms with Crippen LogP contribution in [0.15, 0.2) is 30.6 Å². The van der Waals surface area contributed by atoms with Gasteiger partial charge in [-0.1, -0.05) is 6.07 Å². The molecule has 6 nitrogen and oxygen atoms in total. The van der Waals surface area contributed by atoms with Gasteiger partial charge in [0.05, 0.1) is 6.54 Å². The predicted octanol–water partition coefficient (Wildman–Crippen LogP) is 1.87. The third-order valence-electron chi connectivity index (χ3n) is 2.63. The number of nitrogens with zero attached hydrogens (tertiary/aromatic N) is 3. The molecule has 2 rings (SSSR count). The van der Waals surface area contributed by atoms with Gasteiger partial charge in [-0.05, 0) is 25.1 Å². The van der Waals surface area contributed by atoms with Crippen LogP contribution >= 0.6 is 0 Å². The Morgan fingerprint density at radius 1 is 1.37 bits per heavy atom. The fraction of sp³-hybridized carbons (Fsp3) is 0.308. The summed E-state index contributed by atoms with van der Waals surface area (Å²) in [6.07, 6.45) is 1.55. The molecule has 0 bridgehead atoms. The highest BCUT2D eigenvalue weighted by Crippen LogP contribution is 2.15. The smallest absolute Gasteiger partial charge is 0.221 e. The van der Waals surface area contributed by atoms with Crippen LogP contribution in [0.25, 0.3) is 0 Å². The minimum atomic E-state index is -0.0807. The molecule has 0 saturated carbocycles. The lowest BCUT2D eigenvalue weighted by Crippen LogP contribution is -2.09. The summed E-state index contributed by atoms with van der Waals surface area (Å²) >= 11 is 0. The number of amides is 1. The Morgan fingerprint density at radius 3 is 2.89 bits per heavy atom. The fourth-order valence-corrected chi connectivity index (χ4v) is 1.78. The molecule has 2 N–H and O–H groups in total. The number of benzene rings is 1. The molecule has 1 aromatic heterocycles. The maximum absolute atomic E-state index is 11.0. The Kier molecular flexibility index (Phi) is 4.12. The molecule has 1 aromatic carbocycles. The predicted molar refractivity (Wildman–Crippen MR) is 73.8 cm³/mol. The third-order valence-corrected chi connectivity index (χ3v) is 2.63. The summed E-state index contributed by atoms with van der Waals surface area (Å²) in [5.41, 5.74) is 1.70. The molecule has 1 heterocycles. The summed E-state index contributed by atoms with van der Waals surface area (Å²) in [4.78, 5) is 15.2. The zero-order valence-corrected chi connectivity index (χ0v) is 11.1. The van der Waals surface area contributed by atoms with Crippen molar-refractivity contribution in [1.29, 1.82) is 0 Å². The van der Waals surface area contributed by atoms with Gasteiger partial charge in [-0.25, -0.2) is 9.67 Å². The van der Waals surface area contributed by atoms with Crippen LogP contribution in [0.3, 0.4) is 0 Å². The van der Waals surface area contributed by atoms with Crippen LogP contribution in [-0.4, -0.2) is 20.7 Å². The van der Waals surface area contributed by atoms with Crippen molar-refractivity contribution in [3.05, 3.63) is 36.4 Å². The molecule has 0 atom stereocenters.